The Hall–Kier alpha value is -3.52. The van der Waals surface area contributed by atoms with Gasteiger partial charge in [-0.15, -0.1) is 10.2 Å². The van der Waals surface area contributed by atoms with E-state index >= 15 is 0 Å². The van der Waals surface area contributed by atoms with Crippen molar-refractivity contribution in [1.29, 1.82) is 0 Å². The zero-order chi connectivity index (χ0) is 20.2. The quantitative estimate of drug-likeness (QED) is 0.474. The summed E-state index contributed by atoms with van der Waals surface area (Å²) < 4.78 is 8.30. The minimum Gasteiger partial charge on any atom is -0.438 e. The van der Waals surface area contributed by atoms with E-state index in [4.69, 9.17) is 4.74 Å². The molecule has 0 atom stereocenters. The van der Waals surface area contributed by atoms with Crippen LogP contribution in [0.25, 0.3) is 5.82 Å². The number of carbonyl (C=O) groups excluding carboxylic acids is 1. The summed E-state index contributed by atoms with van der Waals surface area (Å²) in [4.78, 5) is 16.5. The van der Waals surface area contributed by atoms with Gasteiger partial charge in [0, 0.05) is 28.6 Å². The average molecular weight is 450 g/mol. The smallest absolute Gasteiger partial charge is 0.256 e. The molecule has 1 amide bonds. The first-order valence-electron chi connectivity index (χ1n) is 8.78. The summed E-state index contributed by atoms with van der Waals surface area (Å²) in [6, 6.07) is 17.8. The van der Waals surface area contributed by atoms with Gasteiger partial charge in [-0.2, -0.15) is 0 Å². The molecule has 7 nitrogen and oxygen atoms in total. The molecule has 0 aliphatic rings. The second-order valence-corrected chi connectivity index (χ2v) is 6.99. The molecule has 2 heterocycles. The first-order valence-corrected chi connectivity index (χ1v) is 9.57. The molecule has 1 N–H and O–H groups in total. The van der Waals surface area contributed by atoms with Crippen LogP contribution in [0.15, 0.2) is 77.5 Å². The van der Waals surface area contributed by atoms with E-state index in [0.717, 1.165) is 10.3 Å². The third-order valence-corrected chi connectivity index (χ3v) is 4.84. The Morgan fingerprint density at radius 3 is 2.48 bits per heavy atom. The van der Waals surface area contributed by atoms with E-state index in [1.807, 2.05) is 42.0 Å². The number of ether oxygens (including phenoxy) is 1. The van der Waals surface area contributed by atoms with Gasteiger partial charge in [-0.25, -0.2) is 4.98 Å². The summed E-state index contributed by atoms with van der Waals surface area (Å²) in [6.07, 6.45) is 3.53. The van der Waals surface area contributed by atoms with E-state index in [-0.39, 0.29) is 5.91 Å². The standard InChI is InChI=1S/C21H16BrN5O2/c1-14-23-12-13-27(14)19-10-11-20(26-25-19)29-16-8-6-15(7-9-16)24-21(28)17-4-2-3-5-18(17)22/h2-13H,1H3,(H,24,28). The van der Waals surface area contributed by atoms with Gasteiger partial charge < -0.3 is 10.1 Å². The van der Waals surface area contributed by atoms with Crippen LogP contribution < -0.4 is 10.1 Å². The molecule has 0 aliphatic heterocycles. The molecule has 0 saturated heterocycles. The third-order valence-electron chi connectivity index (χ3n) is 4.15. The molecule has 0 bridgehead atoms. The predicted molar refractivity (Wildman–Crippen MR) is 113 cm³/mol. The van der Waals surface area contributed by atoms with Crippen molar-refractivity contribution in [3.05, 3.63) is 88.9 Å². The lowest BCUT2D eigenvalue weighted by molar-refractivity contribution is 0.102. The summed E-state index contributed by atoms with van der Waals surface area (Å²) in [7, 11) is 0. The van der Waals surface area contributed by atoms with Crippen LogP contribution in [0.5, 0.6) is 11.6 Å². The first kappa shape index (κ1) is 18.8. The topological polar surface area (TPSA) is 81.9 Å². The molecule has 4 rings (SSSR count). The van der Waals surface area contributed by atoms with E-state index in [0.29, 0.717) is 28.7 Å². The van der Waals surface area contributed by atoms with Crippen LogP contribution >= 0.6 is 15.9 Å². The molecule has 144 valence electrons. The largest absolute Gasteiger partial charge is 0.438 e. The molecular formula is C21H16BrN5O2. The Kier molecular flexibility index (Phi) is 5.35. The number of aryl methyl sites for hydroxylation is 1. The summed E-state index contributed by atoms with van der Waals surface area (Å²) in [6.45, 7) is 1.89. The number of benzene rings is 2. The SMILES string of the molecule is Cc1nccn1-c1ccc(Oc2ccc(NC(=O)c3ccccc3Br)cc2)nn1. The van der Waals surface area contributed by atoms with Crippen LogP contribution in [0.3, 0.4) is 0 Å². The summed E-state index contributed by atoms with van der Waals surface area (Å²) >= 11 is 3.38. The van der Waals surface area contributed by atoms with Gasteiger partial charge in [-0.3, -0.25) is 9.36 Å². The molecule has 29 heavy (non-hydrogen) atoms. The van der Waals surface area contributed by atoms with Gasteiger partial charge in [0.05, 0.1) is 5.56 Å². The second-order valence-electron chi connectivity index (χ2n) is 6.13. The highest BCUT2D eigenvalue weighted by atomic mass is 79.9. The fourth-order valence-corrected chi connectivity index (χ4v) is 3.15. The van der Waals surface area contributed by atoms with Gasteiger partial charge >= 0.3 is 0 Å². The summed E-state index contributed by atoms with van der Waals surface area (Å²) in [5, 5.41) is 11.1. The Morgan fingerprint density at radius 1 is 1.03 bits per heavy atom. The van der Waals surface area contributed by atoms with E-state index in [1.54, 1.807) is 42.6 Å². The van der Waals surface area contributed by atoms with Crippen molar-refractivity contribution in [2.45, 2.75) is 6.92 Å². The average Bonchev–Trinajstić information content (AvgIpc) is 3.16. The van der Waals surface area contributed by atoms with E-state index in [1.165, 1.54) is 0 Å². The number of nitrogens with one attached hydrogen (secondary N) is 1. The van der Waals surface area contributed by atoms with Gasteiger partial charge in [-0.1, -0.05) is 12.1 Å². The number of hydrogen-bond donors (Lipinski definition) is 1. The summed E-state index contributed by atoms with van der Waals surface area (Å²) in [5.74, 6) is 2.26. The zero-order valence-electron chi connectivity index (χ0n) is 15.4. The van der Waals surface area contributed by atoms with Crippen LogP contribution in [0.1, 0.15) is 16.2 Å². The zero-order valence-corrected chi connectivity index (χ0v) is 17.0. The maximum absolute atomic E-state index is 12.4. The Morgan fingerprint density at radius 2 is 1.83 bits per heavy atom. The van der Waals surface area contributed by atoms with Crippen molar-refractivity contribution < 1.29 is 9.53 Å². The highest BCUT2D eigenvalue weighted by Gasteiger charge is 2.10. The van der Waals surface area contributed by atoms with Crippen LogP contribution in [0.4, 0.5) is 5.69 Å². The van der Waals surface area contributed by atoms with Crippen molar-refractivity contribution in [3.8, 4) is 17.4 Å². The number of aromatic nitrogens is 4. The molecule has 0 spiro atoms. The van der Waals surface area contributed by atoms with Crippen molar-refractivity contribution in [1.82, 2.24) is 19.7 Å². The normalized spacial score (nSPS) is 10.6. The fraction of sp³-hybridized carbons (Fsp3) is 0.0476. The van der Waals surface area contributed by atoms with Gasteiger partial charge in [0.25, 0.3) is 5.91 Å². The molecule has 0 radical (unpaired) electrons. The van der Waals surface area contributed by atoms with Gasteiger partial charge in [0.1, 0.15) is 11.6 Å². The Bertz CT molecular complexity index is 1140. The summed E-state index contributed by atoms with van der Waals surface area (Å²) in [5.41, 5.74) is 1.23. The minimum atomic E-state index is -0.192. The minimum absolute atomic E-state index is 0.192. The third kappa shape index (κ3) is 4.33. The number of halogens is 1. The lowest BCUT2D eigenvalue weighted by atomic mass is 10.2. The highest BCUT2D eigenvalue weighted by molar-refractivity contribution is 9.10. The fourth-order valence-electron chi connectivity index (χ4n) is 2.69. The monoisotopic (exact) mass is 449 g/mol. The maximum atomic E-state index is 12.4. The Labute approximate surface area is 175 Å². The molecule has 8 heteroatoms. The van der Waals surface area contributed by atoms with Crippen molar-refractivity contribution in [3.63, 3.8) is 0 Å². The number of rotatable bonds is 5. The van der Waals surface area contributed by atoms with Crippen LogP contribution in [-0.2, 0) is 0 Å². The van der Waals surface area contributed by atoms with E-state index in [9.17, 15) is 4.79 Å². The van der Waals surface area contributed by atoms with Crippen molar-refractivity contribution in [2.75, 3.05) is 5.32 Å². The molecule has 0 saturated carbocycles. The molecule has 0 fully saturated rings. The van der Waals surface area contributed by atoms with Crippen LogP contribution in [0.2, 0.25) is 0 Å². The number of amides is 1. The lowest BCUT2D eigenvalue weighted by Gasteiger charge is -2.09. The van der Waals surface area contributed by atoms with E-state index < -0.39 is 0 Å². The maximum Gasteiger partial charge on any atom is 0.256 e. The van der Waals surface area contributed by atoms with E-state index in [2.05, 4.69) is 36.4 Å². The van der Waals surface area contributed by atoms with Crippen LogP contribution in [-0.4, -0.2) is 25.7 Å². The highest BCUT2D eigenvalue weighted by Crippen LogP contribution is 2.23. The number of carbonyl (C=O) groups is 1. The van der Waals surface area contributed by atoms with Crippen molar-refractivity contribution in [2.24, 2.45) is 0 Å². The lowest BCUT2D eigenvalue weighted by Crippen LogP contribution is -2.12. The molecule has 2 aromatic carbocycles. The molecule has 4 aromatic rings. The molecule has 0 unspecified atom stereocenters. The van der Waals surface area contributed by atoms with Gasteiger partial charge in [0.2, 0.25) is 5.88 Å². The van der Waals surface area contributed by atoms with Gasteiger partial charge in [0.15, 0.2) is 5.82 Å². The number of nitrogens with zero attached hydrogens (tertiary/aromatic N) is 4. The molecule has 2 aromatic heterocycles. The van der Waals surface area contributed by atoms with Gasteiger partial charge in [-0.05, 0) is 65.3 Å². The molecule has 0 aliphatic carbocycles. The predicted octanol–water partition coefficient (Wildman–Crippen LogP) is 4.78. The van der Waals surface area contributed by atoms with Crippen molar-refractivity contribution >= 4 is 27.5 Å². The number of anilines is 1. The molecular weight excluding hydrogens is 434 g/mol. The Balaban J connectivity index is 1.41. The first-order chi connectivity index (χ1) is 14.1. The number of hydrogen-bond acceptors (Lipinski definition) is 5. The number of imidazole rings is 1. The van der Waals surface area contributed by atoms with Crippen LogP contribution in [0, 0.1) is 6.92 Å². The second kappa shape index (κ2) is 8.24.